The minimum Gasteiger partial charge on any atom is -0.354 e. The first-order chi connectivity index (χ1) is 19.5. The number of H-pyrrole nitrogens is 1. The van der Waals surface area contributed by atoms with E-state index >= 15 is 0 Å². The number of nitrogens with zero attached hydrogens (tertiary/aromatic N) is 6. The highest BCUT2D eigenvalue weighted by atomic mass is 15.3. The van der Waals surface area contributed by atoms with Crippen LogP contribution in [0.25, 0.3) is 11.4 Å². The van der Waals surface area contributed by atoms with Crippen molar-refractivity contribution in [3.05, 3.63) is 65.7 Å². The second-order valence-corrected chi connectivity index (χ2v) is 11.5. The van der Waals surface area contributed by atoms with Crippen LogP contribution in [0, 0.1) is 19.8 Å². The maximum atomic E-state index is 4.88. The van der Waals surface area contributed by atoms with E-state index in [0.717, 1.165) is 56.4 Å². The Morgan fingerprint density at radius 3 is 2.55 bits per heavy atom. The summed E-state index contributed by atoms with van der Waals surface area (Å²) in [6.45, 7) is 12.2. The van der Waals surface area contributed by atoms with Crippen LogP contribution in [0.15, 0.2) is 60.1 Å². The lowest BCUT2D eigenvalue weighted by molar-refractivity contribution is 0.0659. The van der Waals surface area contributed by atoms with Crippen LogP contribution in [0.4, 0.5) is 5.82 Å². The maximum Gasteiger partial charge on any atom is 0.138 e. The Labute approximate surface area is 241 Å². The van der Waals surface area contributed by atoms with Crippen LogP contribution in [0.5, 0.6) is 0 Å². The predicted molar refractivity (Wildman–Crippen MR) is 167 cm³/mol. The molecule has 5 rings (SSSR count). The van der Waals surface area contributed by atoms with Crippen LogP contribution < -0.4 is 4.90 Å². The van der Waals surface area contributed by atoms with Crippen LogP contribution in [0.2, 0.25) is 0 Å². The van der Waals surface area contributed by atoms with Gasteiger partial charge in [0, 0.05) is 69.0 Å². The van der Waals surface area contributed by atoms with Crippen LogP contribution in [0.3, 0.4) is 0 Å². The van der Waals surface area contributed by atoms with Crippen molar-refractivity contribution in [2.75, 3.05) is 64.8 Å². The van der Waals surface area contributed by atoms with Gasteiger partial charge in [0.05, 0.1) is 0 Å². The molecule has 1 atom stereocenters. The molecule has 0 radical (unpaired) electrons. The molecule has 4 heterocycles. The summed E-state index contributed by atoms with van der Waals surface area (Å²) >= 11 is 0. The predicted octanol–water partition coefficient (Wildman–Crippen LogP) is 4.77. The van der Waals surface area contributed by atoms with Crippen LogP contribution in [-0.4, -0.2) is 102 Å². The molecule has 40 heavy (non-hydrogen) atoms. The fraction of sp³-hybridized carbons (Fsp3) is 0.515. The standard InChI is InChI=1S/C31H45N7.C2H2/c1-5-28-23-37(31-24(2)19-27(20-34-31)30-32-13-14-33-30)17-18-38(28)29-11-15-36(16-12-29)22-26-8-6-7-25(9-10-26)21-35(3)4;1-2/h6,8-10,13-14,19-20,28-29H,5,7,11-12,15-18,21-23H2,1-4H3,(H,32,33);1-2H. The molecule has 214 valence electrons. The van der Waals surface area contributed by atoms with E-state index in [9.17, 15) is 0 Å². The number of piperidine rings is 1. The second-order valence-electron chi connectivity index (χ2n) is 11.5. The van der Waals surface area contributed by atoms with Gasteiger partial charge in [0.15, 0.2) is 0 Å². The summed E-state index contributed by atoms with van der Waals surface area (Å²) in [6.07, 6.45) is 27.8. The summed E-state index contributed by atoms with van der Waals surface area (Å²) in [5.41, 5.74) is 5.21. The molecule has 2 aromatic heterocycles. The highest BCUT2D eigenvalue weighted by Crippen LogP contribution is 2.28. The van der Waals surface area contributed by atoms with E-state index in [1.54, 1.807) is 6.20 Å². The number of hydrogen-bond acceptors (Lipinski definition) is 6. The molecular weight excluding hydrogens is 494 g/mol. The average Bonchev–Trinajstić information content (AvgIpc) is 3.43. The van der Waals surface area contributed by atoms with Gasteiger partial charge in [-0.25, -0.2) is 9.97 Å². The number of anilines is 1. The minimum atomic E-state index is 0.582. The molecule has 2 aromatic rings. The number of likely N-dealkylation sites (tertiary alicyclic amines) is 1. The molecule has 0 spiro atoms. The zero-order valence-corrected chi connectivity index (χ0v) is 24.9. The number of nitrogens with one attached hydrogen (secondary N) is 1. The fourth-order valence-electron chi connectivity index (χ4n) is 6.36. The first-order valence-electron chi connectivity index (χ1n) is 14.7. The lowest BCUT2D eigenvalue weighted by Gasteiger charge is -2.48. The highest BCUT2D eigenvalue weighted by Gasteiger charge is 2.33. The quantitative estimate of drug-likeness (QED) is 0.486. The normalized spacial score (nSPS) is 21.0. The van der Waals surface area contributed by atoms with E-state index in [2.05, 4.69) is 101 Å². The summed E-state index contributed by atoms with van der Waals surface area (Å²) in [4.78, 5) is 22.7. The molecule has 0 amide bonds. The van der Waals surface area contributed by atoms with E-state index < -0.39 is 0 Å². The van der Waals surface area contributed by atoms with Gasteiger partial charge in [-0.15, -0.1) is 12.8 Å². The number of allylic oxidation sites excluding steroid dienone is 3. The molecule has 0 bridgehead atoms. The van der Waals surface area contributed by atoms with Crippen LogP contribution in [-0.2, 0) is 0 Å². The van der Waals surface area contributed by atoms with Crippen molar-refractivity contribution in [2.24, 2.45) is 0 Å². The van der Waals surface area contributed by atoms with Crippen molar-refractivity contribution in [3.63, 3.8) is 0 Å². The Kier molecular flexibility index (Phi) is 10.8. The van der Waals surface area contributed by atoms with Gasteiger partial charge < -0.3 is 14.8 Å². The zero-order valence-electron chi connectivity index (χ0n) is 24.9. The Morgan fingerprint density at radius 2 is 1.88 bits per heavy atom. The lowest BCUT2D eigenvalue weighted by atomic mass is 9.97. The molecule has 1 N–H and O–H groups in total. The molecule has 0 aromatic carbocycles. The number of imidazole rings is 1. The molecule has 2 saturated heterocycles. The van der Waals surface area contributed by atoms with E-state index in [-0.39, 0.29) is 0 Å². The van der Waals surface area contributed by atoms with Gasteiger partial charge in [0.2, 0.25) is 0 Å². The molecule has 7 heteroatoms. The number of aryl methyl sites for hydroxylation is 1. The number of terminal acetylenes is 1. The molecule has 2 aliphatic heterocycles. The number of pyridine rings is 1. The van der Waals surface area contributed by atoms with Gasteiger partial charge in [-0.3, -0.25) is 9.80 Å². The first kappa shape index (κ1) is 29.8. The van der Waals surface area contributed by atoms with E-state index in [0.29, 0.717) is 12.1 Å². The number of aromatic amines is 1. The number of piperazine rings is 1. The molecule has 1 unspecified atom stereocenters. The van der Waals surface area contributed by atoms with Gasteiger partial charge in [-0.05, 0) is 77.0 Å². The van der Waals surface area contributed by atoms with Gasteiger partial charge in [0.25, 0.3) is 0 Å². The van der Waals surface area contributed by atoms with Gasteiger partial charge in [-0.2, -0.15) is 0 Å². The molecule has 2 fully saturated rings. The molecular formula is C33H47N7. The van der Waals surface area contributed by atoms with Crippen molar-refractivity contribution >= 4 is 5.82 Å². The zero-order chi connectivity index (χ0) is 28.5. The van der Waals surface area contributed by atoms with Gasteiger partial charge in [0.1, 0.15) is 11.6 Å². The van der Waals surface area contributed by atoms with E-state index in [1.165, 1.54) is 49.1 Å². The third kappa shape index (κ3) is 7.51. The number of hydrogen-bond donors (Lipinski definition) is 1. The third-order valence-electron chi connectivity index (χ3n) is 8.32. The van der Waals surface area contributed by atoms with Crippen LogP contribution >= 0.6 is 0 Å². The Balaban J connectivity index is 0.00000181. The molecule has 7 nitrogen and oxygen atoms in total. The smallest absolute Gasteiger partial charge is 0.138 e. The number of likely N-dealkylation sites (N-methyl/N-ethyl adjacent to an activating group) is 1. The molecule has 3 aliphatic rings. The Morgan fingerprint density at radius 1 is 1.07 bits per heavy atom. The topological polar surface area (TPSA) is 54.5 Å². The third-order valence-corrected chi connectivity index (χ3v) is 8.32. The largest absolute Gasteiger partial charge is 0.354 e. The maximum absolute atomic E-state index is 4.88. The van der Waals surface area contributed by atoms with Crippen molar-refractivity contribution in [1.29, 1.82) is 0 Å². The highest BCUT2D eigenvalue weighted by molar-refractivity contribution is 5.60. The SMILES string of the molecule is C#C.CCC1CN(c2ncc(-c3ncc[nH]3)cc2C)CCN1C1CCN(CC2=CC=C(CN(C)C)CC=C2)CC1. The minimum absolute atomic E-state index is 0.582. The molecule has 0 saturated carbocycles. The van der Waals surface area contributed by atoms with Crippen molar-refractivity contribution in [3.8, 4) is 24.2 Å². The summed E-state index contributed by atoms with van der Waals surface area (Å²) in [6, 6.07) is 3.49. The van der Waals surface area contributed by atoms with Gasteiger partial charge in [-0.1, -0.05) is 36.8 Å². The van der Waals surface area contributed by atoms with E-state index in [4.69, 9.17) is 4.98 Å². The summed E-state index contributed by atoms with van der Waals surface area (Å²) in [7, 11) is 4.29. The fourth-order valence-corrected chi connectivity index (χ4v) is 6.36. The Bertz CT molecular complexity index is 1180. The number of aromatic nitrogens is 3. The Hall–Kier alpha value is -3.18. The van der Waals surface area contributed by atoms with Crippen molar-refractivity contribution in [1.82, 2.24) is 29.7 Å². The summed E-state index contributed by atoms with van der Waals surface area (Å²) < 4.78 is 0. The molecule has 1 aliphatic carbocycles. The van der Waals surface area contributed by atoms with Crippen molar-refractivity contribution < 1.29 is 0 Å². The van der Waals surface area contributed by atoms with Crippen LogP contribution in [0.1, 0.15) is 38.2 Å². The number of rotatable bonds is 8. The summed E-state index contributed by atoms with van der Waals surface area (Å²) in [5, 5.41) is 0. The monoisotopic (exact) mass is 541 g/mol. The lowest BCUT2D eigenvalue weighted by Crippen LogP contribution is -2.58. The average molecular weight is 542 g/mol. The first-order valence-corrected chi connectivity index (χ1v) is 14.7. The van der Waals surface area contributed by atoms with Gasteiger partial charge >= 0.3 is 0 Å². The van der Waals surface area contributed by atoms with Crippen molar-refractivity contribution in [2.45, 2.75) is 51.6 Å². The summed E-state index contributed by atoms with van der Waals surface area (Å²) in [5.74, 6) is 2.01. The van der Waals surface area contributed by atoms with E-state index in [1.807, 2.05) is 12.4 Å². The second kappa shape index (κ2) is 14.5.